The lowest BCUT2D eigenvalue weighted by atomic mass is 10.1. The Morgan fingerprint density at radius 3 is 2.37 bits per heavy atom. The molecule has 7 heteroatoms. The van der Waals surface area contributed by atoms with Crippen LogP contribution in [0.1, 0.15) is 15.9 Å². The summed E-state index contributed by atoms with van der Waals surface area (Å²) in [5.74, 6) is -1.77. The average molecular weight is 370 g/mol. The van der Waals surface area contributed by atoms with Crippen molar-refractivity contribution in [2.45, 2.75) is 6.54 Å². The fraction of sp³-hybridized carbons (Fsp3) is 0.100. The second kappa shape index (κ2) is 9.76. The molecule has 0 fully saturated rings. The van der Waals surface area contributed by atoms with Crippen molar-refractivity contribution in [2.24, 2.45) is 5.73 Å². The highest BCUT2D eigenvalue weighted by Crippen LogP contribution is 2.12. The molecular weight excluding hydrogens is 351 g/mol. The number of amides is 1. The number of ether oxygens (including phenoxy) is 1. The fourth-order valence-corrected chi connectivity index (χ4v) is 2.13. The van der Waals surface area contributed by atoms with Crippen LogP contribution < -0.4 is 15.8 Å². The van der Waals surface area contributed by atoms with Gasteiger partial charge in [-0.1, -0.05) is 30.3 Å². The van der Waals surface area contributed by atoms with E-state index in [1.54, 1.807) is 36.4 Å². The Hall–Kier alpha value is -3.61. The summed E-state index contributed by atoms with van der Waals surface area (Å²) in [6.07, 6.45) is 1.76. The van der Waals surface area contributed by atoms with Crippen molar-refractivity contribution < 1.29 is 23.8 Å². The number of carbonyl (C=O) groups is 2. The third kappa shape index (κ3) is 6.32. The Bertz CT molecular complexity index is 846. The Morgan fingerprint density at radius 2 is 1.78 bits per heavy atom. The van der Waals surface area contributed by atoms with Crippen molar-refractivity contribution in [1.82, 2.24) is 5.32 Å². The van der Waals surface area contributed by atoms with Crippen molar-refractivity contribution in [3.63, 3.8) is 0 Å². The first-order chi connectivity index (χ1) is 13.0. The van der Waals surface area contributed by atoms with E-state index in [1.165, 1.54) is 12.1 Å². The van der Waals surface area contributed by atoms with Gasteiger partial charge in [-0.2, -0.15) is 0 Å². The number of hydrogen-bond donors (Lipinski definition) is 3. The van der Waals surface area contributed by atoms with Crippen LogP contribution in [0.25, 0.3) is 0 Å². The van der Waals surface area contributed by atoms with E-state index in [0.717, 1.165) is 12.3 Å². The molecule has 0 heterocycles. The number of carboxylic acids is 1. The van der Waals surface area contributed by atoms with E-state index in [1.807, 2.05) is 6.07 Å². The van der Waals surface area contributed by atoms with Crippen LogP contribution in [0.2, 0.25) is 0 Å². The predicted molar refractivity (Wildman–Crippen MR) is 98.6 cm³/mol. The van der Waals surface area contributed by atoms with Gasteiger partial charge < -0.3 is 20.9 Å². The summed E-state index contributed by atoms with van der Waals surface area (Å²) in [4.78, 5) is 23.2. The van der Waals surface area contributed by atoms with Crippen LogP contribution in [0.3, 0.4) is 0 Å². The van der Waals surface area contributed by atoms with Crippen LogP contribution in [0.4, 0.5) is 4.39 Å². The maximum absolute atomic E-state index is 13.5. The number of carboxylic acid groups (broad SMARTS) is 1. The molecule has 140 valence electrons. The van der Waals surface area contributed by atoms with Gasteiger partial charge in [0, 0.05) is 12.7 Å². The second-order valence-electron chi connectivity index (χ2n) is 5.51. The molecule has 0 aromatic heterocycles. The highest BCUT2D eigenvalue weighted by Gasteiger charge is 2.12. The lowest BCUT2D eigenvalue weighted by molar-refractivity contribution is -0.118. The van der Waals surface area contributed by atoms with Gasteiger partial charge in [0.15, 0.2) is 0 Å². The summed E-state index contributed by atoms with van der Waals surface area (Å²) >= 11 is 0. The van der Waals surface area contributed by atoms with E-state index in [9.17, 15) is 14.0 Å². The molecule has 0 aliphatic rings. The van der Waals surface area contributed by atoms with Crippen LogP contribution in [-0.2, 0) is 11.3 Å². The zero-order valence-corrected chi connectivity index (χ0v) is 14.4. The SMILES string of the molecule is N/C=C(F)\C=C(/COc1ccccc1)C(=O)NCc1ccc(C(=O)O)cc1. The summed E-state index contributed by atoms with van der Waals surface area (Å²) in [5.41, 5.74) is 6.04. The van der Waals surface area contributed by atoms with Crippen LogP contribution in [-0.4, -0.2) is 23.6 Å². The van der Waals surface area contributed by atoms with E-state index in [4.69, 9.17) is 15.6 Å². The Balaban J connectivity index is 2.02. The maximum atomic E-state index is 13.5. The molecule has 0 atom stereocenters. The number of nitrogens with two attached hydrogens (primary N) is 1. The molecule has 0 bridgehead atoms. The quantitative estimate of drug-likeness (QED) is 0.490. The first kappa shape index (κ1) is 19.7. The monoisotopic (exact) mass is 370 g/mol. The van der Waals surface area contributed by atoms with Gasteiger partial charge in [0.2, 0.25) is 0 Å². The van der Waals surface area contributed by atoms with Gasteiger partial charge in [-0.15, -0.1) is 0 Å². The summed E-state index contributed by atoms with van der Waals surface area (Å²) in [5, 5.41) is 11.5. The molecule has 2 aromatic carbocycles. The number of hydrogen-bond acceptors (Lipinski definition) is 4. The second-order valence-corrected chi connectivity index (χ2v) is 5.51. The molecule has 0 aliphatic carbocycles. The largest absolute Gasteiger partial charge is 0.489 e. The zero-order chi connectivity index (χ0) is 19.6. The van der Waals surface area contributed by atoms with E-state index in [-0.39, 0.29) is 24.3 Å². The average Bonchev–Trinajstić information content (AvgIpc) is 2.70. The molecule has 1 amide bonds. The third-order valence-electron chi connectivity index (χ3n) is 3.55. The normalized spacial score (nSPS) is 11.7. The van der Waals surface area contributed by atoms with Crippen molar-refractivity contribution in [3.8, 4) is 5.75 Å². The lowest BCUT2D eigenvalue weighted by Gasteiger charge is -2.11. The topological polar surface area (TPSA) is 102 Å². The first-order valence-electron chi connectivity index (χ1n) is 8.06. The standard InChI is InChI=1S/C20H19FN2O4/c21-17(11-22)10-16(13-27-18-4-2-1-3-5-18)19(24)23-12-14-6-8-15(9-7-14)20(25)26/h1-11H,12-13,22H2,(H,23,24)(H,25,26)/b16-10+,17-11+. The molecule has 0 radical (unpaired) electrons. The van der Waals surface area contributed by atoms with Gasteiger partial charge in [0.1, 0.15) is 18.2 Å². The number of rotatable bonds is 8. The first-order valence-corrected chi connectivity index (χ1v) is 8.06. The molecule has 0 aliphatic heterocycles. The van der Waals surface area contributed by atoms with Crippen molar-refractivity contribution in [1.29, 1.82) is 0 Å². The van der Waals surface area contributed by atoms with E-state index in [0.29, 0.717) is 11.3 Å². The van der Waals surface area contributed by atoms with Crippen LogP contribution in [0.5, 0.6) is 5.75 Å². The fourth-order valence-electron chi connectivity index (χ4n) is 2.13. The lowest BCUT2D eigenvalue weighted by Crippen LogP contribution is -2.27. The molecule has 27 heavy (non-hydrogen) atoms. The van der Waals surface area contributed by atoms with Gasteiger partial charge in [0.25, 0.3) is 5.91 Å². The highest BCUT2D eigenvalue weighted by atomic mass is 19.1. The number of allylic oxidation sites excluding steroid dienone is 2. The number of benzene rings is 2. The molecular formula is C20H19FN2O4. The number of halogens is 1. The number of nitrogens with one attached hydrogen (secondary N) is 1. The molecule has 2 aromatic rings. The smallest absolute Gasteiger partial charge is 0.335 e. The van der Waals surface area contributed by atoms with E-state index >= 15 is 0 Å². The Labute approximate surface area is 155 Å². The van der Waals surface area contributed by atoms with Crippen molar-refractivity contribution in [3.05, 3.63) is 89.4 Å². The summed E-state index contributed by atoms with van der Waals surface area (Å²) in [7, 11) is 0. The zero-order valence-electron chi connectivity index (χ0n) is 14.4. The maximum Gasteiger partial charge on any atom is 0.335 e. The molecule has 0 unspecified atom stereocenters. The minimum atomic E-state index is -1.03. The molecule has 4 N–H and O–H groups in total. The summed E-state index contributed by atoms with van der Waals surface area (Å²) < 4.78 is 19.0. The molecule has 0 spiro atoms. The number of para-hydroxylation sites is 1. The van der Waals surface area contributed by atoms with Crippen LogP contribution >= 0.6 is 0 Å². The molecule has 2 rings (SSSR count). The van der Waals surface area contributed by atoms with Crippen LogP contribution in [0.15, 0.2) is 78.3 Å². The Morgan fingerprint density at radius 1 is 1.11 bits per heavy atom. The summed E-state index contributed by atoms with van der Waals surface area (Å²) in [6.45, 7) is 0.00439. The molecule has 6 nitrogen and oxygen atoms in total. The van der Waals surface area contributed by atoms with E-state index in [2.05, 4.69) is 5.32 Å². The van der Waals surface area contributed by atoms with Gasteiger partial charge in [-0.25, -0.2) is 9.18 Å². The number of carbonyl (C=O) groups excluding carboxylic acids is 1. The minimum absolute atomic E-state index is 0.0557. The van der Waals surface area contributed by atoms with Gasteiger partial charge in [0.05, 0.1) is 11.1 Å². The summed E-state index contributed by atoms with van der Waals surface area (Å²) in [6, 6.07) is 14.9. The third-order valence-corrected chi connectivity index (χ3v) is 3.55. The molecule has 0 saturated heterocycles. The van der Waals surface area contributed by atoms with Gasteiger partial charge >= 0.3 is 5.97 Å². The van der Waals surface area contributed by atoms with Gasteiger partial charge in [-0.3, -0.25) is 4.79 Å². The van der Waals surface area contributed by atoms with Gasteiger partial charge in [-0.05, 0) is 35.9 Å². The molecule has 0 saturated carbocycles. The van der Waals surface area contributed by atoms with Crippen molar-refractivity contribution >= 4 is 11.9 Å². The highest BCUT2D eigenvalue weighted by molar-refractivity contribution is 5.94. The van der Waals surface area contributed by atoms with Crippen LogP contribution in [0, 0.1) is 0 Å². The van der Waals surface area contributed by atoms with E-state index < -0.39 is 17.7 Å². The number of aromatic carboxylic acids is 1. The Kier molecular flexibility index (Phi) is 7.13. The minimum Gasteiger partial charge on any atom is -0.489 e. The predicted octanol–water partition coefficient (Wildman–Crippen LogP) is 2.78. The van der Waals surface area contributed by atoms with Crippen molar-refractivity contribution in [2.75, 3.05) is 6.61 Å².